The van der Waals surface area contributed by atoms with Crippen molar-refractivity contribution in [3.63, 3.8) is 0 Å². The number of benzene rings is 2. The molecule has 0 unspecified atom stereocenters. The van der Waals surface area contributed by atoms with Crippen LogP contribution in [-0.2, 0) is 11.2 Å². The molecule has 2 fully saturated rings. The molecule has 0 atom stereocenters. The minimum atomic E-state index is 0.298. The van der Waals surface area contributed by atoms with Crippen LogP contribution in [0.2, 0.25) is 0 Å². The number of nitrogens with zero attached hydrogens (tertiary/aromatic N) is 3. The number of likely N-dealkylation sites (tertiary alicyclic amines) is 2. The average molecular weight is 417 g/mol. The van der Waals surface area contributed by atoms with E-state index < -0.39 is 0 Å². The zero-order valence-corrected chi connectivity index (χ0v) is 18.2. The molecule has 1 aromatic heterocycles. The number of imidazole rings is 1. The Labute approximate surface area is 184 Å². The van der Waals surface area contributed by atoms with Gasteiger partial charge in [-0.3, -0.25) is 4.79 Å². The lowest BCUT2D eigenvalue weighted by Crippen LogP contribution is -2.48. The molecule has 0 radical (unpaired) electrons. The lowest BCUT2D eigenvalue weighted by Gasteiger charge is -2.40. The predicted molar refractivity (Wildman–Crippen MR) is 125 cm³/mol. The number of amides is 1. The summed E-state index contributed by atoms with van der Waals surface area (Å²) in [6, 6.07) is 17.2. The highest BCUT2D eigenvalue weighted by Gasteiger charge is 2.27. The maximum Gasteiger partial charge on any atom is 0.222 e. The van der Waals surface area contributed by atoms with E-state index in [1.54, 1.807) is 0 Å². The molecule has 0 aliphatic carbocycles. The zero-order chi connectivity index (χ0) is 21.0. The number of aromatic amines is 1. The van der Waals surface area contributed by atoms with E-state index in [1.807, 2.05) is 18.2 Å². The quantitative estimate of drug-likeness (QED) is 0.659. The Hall–Kier alpha value is -2.66. The van der Waals surface area contributed by atoms with Gasteiger partial charge in [0.1, 0.15) is 5.82 Å². The molecule has 5 rings (SSSR count). The first-order valence-corrected chi connectivity index (χ1v) is 11.8. The van der Waals surface area contributed by atoms with Crippen molar-refractivity contribution in [2.75, 3.05) is 26.2 Å². The molecule has 2 aliphatic rings. The van der Waals surface area contributed by atoms with Gasteiger partial charge in [0, 0.05) is 31.1 Å². The minimum Gasteiger partial charge on any atom is -0.343 e. The SMILES string of the molecule is O=C(CCc1ccc2nc(-c3ccccc3)[nH]c2c1)N1CCC(N2CCCCC2)CC1. The number of H-pyrrole nitrogens is 1. The number of hydrogen-bond donors (Lipinski definition) is 1. The Morgan fingerprint density at radius 2 is 1.74 bits per heavy atom. The maximum absolute atomic E-state index is 12.8. The molecule has 162 valence electrons. The Kier molecular flexibility index (Phi) is 6.03. The van der Waals surface area contributed by atoms with Gasteiger partial charge < -0.3 is 14.8 Å². The number of rotatable bonds is 5. The van der Waals surface area contributed by atoms with Crippen molar-refractivity contribution in [2.24, 2.45) is 0 Å². The van der Waals surface area contributed by atoms with Gasteiger partial charge in [0.2, 0.25) is 5.91 Å². The molecular weight excluding hydrogens is 384 g/mol. The third kappa shape index (κ3) is 4.67. The smallest absolute Gasteiger partial charge is 0.222 e. The fraction of sp³-hybridized carbons (Fsp3) is 0.462. The second kappa shape index (κ2) is 9.23. The molecule has 5 nitrogen and oxygen atoms in total. The van der Waals surface area contributed by atoms with Crippen LogP contribution in [0.4, 0.5) is 0 Å². The zero-order valence-electron chi connectivity index (χ0n) is 18.2. The van der Waals surface area contributed by atoms with E-state index in [0.717, 1.165) is 54.8 Å². The molecule has 3 heterocycles. The first-order chi connectivity index (χ1) is 15.3. The number of nitrogens with one attached hydrogen (secondary N) is 1. The summed E-state index contributed by atoms with van der Waals surface area (Å²) in [6.07, 6.45) is 7.69. The van der Waals surface area contributed by atoms with Gasteiger partial charge in [0.25, 0.3) is 0 Å². The number of fused-ring (bicyclic) bond motifs is 1. The normalized spacial score (nSPS) is 18.5. The van der Waals surface area contributed by atoms with Crippen LogP contribution in [0.3, 0.4) is 0 Å². The Bertz CT molecular complexity index is 1010. The van der Waals surface area contributed by atoms with E-state index in [0.29, 0.717) is 18.4 Å². The van der Waals surface area contributed by atoms with Crippen LogP contribution in [0.25, 0.3) is 22.4 Å². The molecular formula is C26H32N4O. The van der Waals surface area contributed by atoms with E-state index in [1.165, 1.54) is 37.9 Å². The fourth-order valence-electron chi connectivity index (χ4n) is 5.12. The van der Waals surface area contributed by atoms with E-state index in [9.17, 15) is 4.79 Å². The van der Waals surface area contributed by atoms with E-state index in [-0.39, 0.29) is 0 Å². The lowest BCUT2D eigenvalue weighted by atomic mass is 9.99. The molecule has 0 bridgehead atoms. The Morgan fingerprint density at radius 1 is 0.968 bits per heavy atom. The second-order valence-electron chi connectivity index (χ2n) is 9.01. The van der Waals surface area contributed by atoms with Crippen LogP contribution < -0.4 is 0 Å². The first-order valence-electron chi connectivity index (χ1n) is 11.8. The molecule has 2 aromatic carbocycles. The molecule has 2 aliphatic heterocycles. The number of hydrogen-bond acceptors (Lipinski definition) is 3. The van der Waals surface area contributed by atoms with Crippen LogP contribution in [0, 0.1) is 0 Å². The van der Waals surface area contributed by atoms with Gasteiger partial charge in [-0.1, -0.05) is 42.8 Å². The van der Waals surface area contributed by atoms with Gasteiger partial charge in [-0.05, 0) is 62.9 Å². The van der Waals surface area contributed by atoms with Crippen LogP contribution in [-0.4, -0.2) is 57.9 Å². The predicted octanol–water partition coefficient (Wildman–Crippen LogP) is 4.64. The summed E-state index contributed by atoms with van der Waals surface area (Å²) < 4.78 is 0. The van der Waals surface area contributed by atoms with Gasteiger partial charge in [-0.15, -0.1) is 0 Å². The molecule has 0 spiro atoms. The Balaban J connectivity index is 1.16. The van der Waals surface area contributed by atoms with Gasteiger partial charge >= 0.3 is 0 Å². The van der Waals surface area contributed by atoms with Crippen molar-refractivity contribution in [3.8, 4) is 11.4 Å². The van der Waals surface area contributed by atoms with Crippen molar-refractivity contribution in [3.05, 3.63) is 54.1 Å². The number of piperidine rings is 2. The largest absolute Gasteiger partial charge is 0.343 e. The van der Waals surface area contributed by atoms with Gasteiger partial charge in [-0.2, -0.15) is 0 Å². The average Bonchev–Trinajstić information content (AvgIpc) is 3.27. The number of carbonyl (C=O) groups is 1. The molecule has 31 heavy (non-hydrogen) atoms. The van der Waals surface area contributed by atoms with Gasteiger partial charge in [-0.25, -0.2) is 4.98 Å². The van der Waals surface area contributed by atoms with Crippen molar-refractivity contribution in [1.82, 2.24) is 19.8 Å². The second-order valence-corrected chi connectivity index (χ2v) is 9.01. The summed E-state index contributed by atoms with van der Waals surface area (Å²) in [4.78, 5) is 25.7. The van der Waals surface area contributed by atoms with E-state index in [2.05, 4.69) is 45.1 Å². The third-order valence-electron chi connectivity index (χ3n) is 6.95. The maximum atomic E-state index is 12.8. The van der Waals surface area contributed by atoms with Crippen molar-refractivity contribution in [1.29, 1.82) is 0 Å². The summed E-state index contributed by atoms with van der Waals surface area (Å²) >= 11 is 0. The third-order valence-corrected chi connectivity index (χ3v) is 6.95. The molecule has 3 aromatic rings. The molecule has 0 saturated carbocycles. The summed E-state index contributed by atoms with van der Waals surface area (Å²) in [7, 11) is 0. The minimum absolute atomic E-state index is 0.298. The summed E-state index contributed by atoms with van der Waals surface area (Å²) in [5, 5.41) is 0. The summed E-state index contributed by atoms with van der Waals surface area (Å²) in [5.41, 5.74) is 4.27. The van der Waals surface area contributed by atoms with Gasteiger partial charge in [0.05, 0.1) is 11.0 Å². The van der Waals surface area contributed by atoms with E-state index >= 15 is 0 Å². The van der Waals surface area contributed by atoms with Crippen molar-refractivity contribution in [2.45, 2.75) is 51.0 Å². The number of carbonyl (C=O) groups excluding carboxylic acids is 1. The highest BCUT2D eigenvalue weighted by atomic mass is 16.2. The van der Waals surface area contributed by atoms with Crippen molar-refractivity contribution >= 4 is 16.9 Å². The monoisotopic (exact) mass is 416 g/mol. The first kappa shape index (κ1) is 20.3. The molecule has 1 N–H and O–H groups in total. The molecule has 2 saturated heterocycles. The molecule has 1 amide bonds. The topological polar surface area (TPSA) is 52.2 Å². The molecule has 5 heteroatoms. The summed E-state index contributed by atoms with van der Waals surface area (Å²) in [6.45, 7) is 4.33. The highest BCUT2D eigenvalue weighted by molar-refractivity contribution is 5.80. The number of aryl methyl sites for hydroxylation is 1. The van der Waals surface area contributed by atoms with Crippen LogP contribution in [0.1, 0.15) is 44.1 Å². The number of aromatic nitrogens is 2. The summed E-state index contributed by atoms with van der Waals surface area (Å²) in [5.74, 6) is 1.19. The standard InChI is InChI=1S/C26H32N4O/c31-25(30-17-13-22(14-18-30)29-15-5-2-6-16-29)12-10-20-9-11-23-24(19-20)28-26(27-23)21-7-3-1-4-8-21/h1,3-4,7-9,11,19,22H,2,5-6,10,12-18H2,(H,27,28). The Morgan fingerprint density at radius 3 is 2.52 bits per heavy atom. The fourth-order valence-corrected chi connectivity index (χ4v) is 5.12. The van der Waals surface area contributed by atoms with Crippen molar-refractivity contribution < 1.29 is 4.79 Å². The van der Waals surface area contributed by atoms with E-state index in [4.69, 9.17) is 4.98 Å². The lowest BCUT2D eigenvalue weighted by molar-refractivity contribution is -0.132. The van der Waals surface area contributed by atoms with Crippen LogP contribution in [0.5, 0.6) is 0 Å². The van der Waals surface area contributed by atoms with Gasteiger partial charge in [0.15, 0.2) is 0 Å². The highest BCUT2D eigenvalue weighted by Crippen LogP contribution is 2.23. The van der Waals surface area contributed by atoms with Crippen LogP contribution in [0.15, 0.2) is 48.5 Å². The van der Waals surface area contributed by atoms with Crippen LogP contribution >= 0.6 is 0 Å².